The number of carboxylic acids is 1. The van der Waals surface area contributed by atoms with Crippen LogP contribution in [0.3, 0.4) is 0 Å². The molecule has 1 fully saturated rings. The van der Waals surface area contributed by atoms with Crippen LogP contribution in [0.1, 0.15) is 37.7 Å². The number of fused-ring (bicyclic) bond motifs is 3. The highest BCUT2D eigenvalue weighted by Gasteiger charge is 2.56. The number of hydrogen-bond acceptors (Lipinski definition) is 8. The maximum absolute atomic E-state index is 13.5. The molecule has 0 spiro atoms. The molecule has 0 saturated carbocycles. The van der Waals surface area contributed by atoms with Crippen LogP contribution in [0.5, 0.6) is 17.2 Å². The maximum atomic E-state index is 13.5. The van der Waals surface area contributed by atoms with Gasteiger partial charge in [-0.1, -0.05) is 11.6 Å². The van der Waals surface area contributed by atoms with Gasteiger partial charge in [-0.25, -0.2) is 0 Å². The van der Waals surface area contributed by atoms with Gasteiger partial charge in [-0.05, 0) is 31.8 Å². The topological polar surface area (TPSA) is 148 Å². The van der Waals surface area contributed by atoms with E-state index < -0.39 is 41.5 Å². The van der Waals surface area contributed by atoms with Gasteiger partial charge in [-0.2, -0.15) is 0 Å². The SMILES string of the molecule is COc1cc(O)c([C@H]2C3=CC[C@@H]4C(=O)N(CCC(=O)O)C(=O)[C@@H]4[C@@H]3CC3=C2C(=O)C(C)=CC3=O)c(OC)c1. The van der Waals surface area contributed by atoms with Crippen LogP contribution >= 0.6 is 0 Å². The first-order valence-corrected chi connectivity index (χ1v) is 12.3. The lowest BCUT2D eigenvalue weighted by atomic mass is 9.59. The molecule has 198 valence electrons. The van der Waals surface area contributed by atoms with Crippen molar-refractivity contribution >= 4 is 29.4 Å². The number of imide groups is 1. The predicted octanol–water partition coefficient (Wildman–Crippen LogP) is 2.31. The summed E-state index contributed by atoms with van der Waals surface area (Å²) in [5, 5.41) is 20.2. The fourth-order valence-electron chi connectivity index (χ4n) is 6.35. The minimum Gasteiger partial charge on any atom is -0.507 e. The number of allylic oxidation sites excluding steroid dienone is 6. The Balaban J connectivity index is 1.68. The van der Waals surface area contributed by atoms with Gasteiger partial charge in [-0.15, -0.1) is 0 Å². The number of benzene rings is 1. The molecule has 4 aliphatic rings. The number of phenols is 1. The zero-order valence-electron chi connectivity index (χ0n) is 21.1. The highest BCUT2D eigenvalue weighted by Crippen LogP contribution is 2.57. The molecule has 10 nitrogen and oxygen atoms in total. The molecule has 0 bridgehead atoms. The van der Waals surface area contributed by atoms with Crippen molar-refractivity contribution in [1.29, 1.82) is 0 Å². The first-order chi connectivity index (χ1) is 18.1. The van der Waals surface area contributed by atoms with Crippen LogP contribution in [0.4, 0.5) is 0 Å². The number of likely N-dealkylation sites (tertiary alicyclic amines) is 1. The normalized spacial score (nSPS) is 26.4. The molecule has 0 radical (unpaired) electrons. The lowest BCUT2D eigenvalue weighted by molar-refractivity contribution is -0.142. The Labute approximate surface area is 218 Å². The molecular weight excluding hydrogens is 494 g/mol. The minimum absolute atomic E-state index is 0.0816. The van der Waals surface area contributed by atoms with Crippen molar-refractivity contribution in [3.05, 3.63) is 52.1 Å². The molecular formula is C28H27NO9. The number of methoxy groups -OCH3 is 2. The molecule has 5 rings (SSSR count). The Bertz CT molecular complexity index is 1400. The van der Waals surface area contributed by atoms with Gasteiger partial charge in [-0.3, -0.25) is 28.9 Å². The Morgan fingerprint density at radius 3 is 2.47 bits per heavy atom. The summed E-state index contributed by atoms with van der Waals surface area (Å²) in [6, 6.07) is 2.96. The van der Waals surface area contributed by atoms with Crippen molar-refractivity contribution in [2.45, 2.75) is 32.1 Å². The number of ketones is 2. The highest BCUT2D eigenvalue weighted by atomic mass is 16.5. The van der Waals surface area contributed by atoms with Crippen LogP contribution in [0.25, 0.3) is 0 Å². The summed E-state index contributed by atoms with van der Waals surface area (Å²) >= 11 is 0. The fraction of sp³-hybridized carbons (Fsp3) is 0.393. The maximum Gasteiger partial charge on any atom is 0.305 e. The molecule has 1 aromatic carbocycles. The molecule has 2 amide bonds. The molecule has 0 aromatic heterocycles. The zero-order chi connectivity index (χ0) is 27.5. The monoisotopic (exact) mass is 521 g/mol. The number of hydrogen-bond donors (Lipinski definition) is 2. The number of carbonyl (C=O) groups is 5. The molecule has 1 aliphatic heterocycles. The van der Waals surface area contributed by atoms with Gasteiger partial charge in [0.1, 0.15) is 17.2 Å². The van der Waals surface area contributed by atoms with Crippen molar-refractivity contribution in [1.82, 2.24) is 4.90 Å². The molecule has 1 aromatic rings. The van der Waals surface area contributed by atoms with E-state index in [4.69, 9.17) is 14.6 Å². The predicted molar refractivity (Wildman–Crippen MR) is 132 cm³/mol. The number of amides is 2. The molecule has 4 atom stereocenters. The van der Waals surface area contributed by atoms with Crippen LogP contribution < -0.4 is 9.47 Å². The molecule has 10 heteroatoms. The number of nitrogens with zero attached hydrogens (tertiary/aromatic N) is 1. The van der Waals surface area contributed by atoms with Crippen molar-refractivity contribution in [2.24, 2.45) is 17.8 Å². The van der Waals surface area contributed by atoms with Crippen LogP contribution in [0, 0.1) is 17.8 Å². The van der Waals surface area contributed by atoms with E-state index in [1.54, 1.807) is 13.0 Å². The zero-order valence-corrected chi connectivity index (χ0v) is 21.1. The lowest BCUT2D eigenvalue weighted by Gasteiger charge is -2.42. The summed E-state index contributed by atoms with van der Waals surface area (Å²) in [7, 11) is 2.85. The van der Waals surface area contributed by atoms with E-state index in [0.29, 0.717) is 11.3 Å². The van der Waals surface area contributed by atoms with Gasteiger partial charge in [0.25, 0.3) is 0 Å². The third-order valence-electron chi connectivity index (χ3n) is 8.04. The second kappa shape index (κ2) is 9.27. The minimum atomic E-state index is -1.12. The second-order valence-corrected chi connectivity index (χ2v) is 9.96. The fourth-order valence-corrected chi connectivity index (χ4v) is 6.35. The highest BCUT2D eigenvalue weighted by molar-refractivity contribution is 6.24. The van der Waals surface area contributed by atoms with E-state index in [0.717, 1.165) is 4.90 Å². The first kappa shape index (κ1) is 25.4. The van der Waals surface area contributed by atoms with E-state index in [2.05, 4.69) is 0 Å². The number of carbonyl (C=O) groups excluding carboxylic acids is 4. The number of rotatable bonds is 6. The van der Waals surface area contributed by atoms with Gasteiger partial charge in [0.2, 0.25) is 11.8 Å². The summed E-state index contributed by atoms with van der Waals surface area (Å²) in [4.78, 5) is 65.5. The van der Waals surface area contributed by atoms with Crippen molar-refractivity contribution in [2.75, 3.05) is 20.8 Å². The smallest absolute Gasteiger partial charge is 0.305 e. The Kier molecular flexibility index (Phi) is 6.21. The molecule has 0 unspecified atom stereocenters. The summed E-state index contributed by atoms with van der Waals surface area (Å²) < 4.78 is 10.8. The van der Waals surface area contributed by atoms with E-state index in [9.17, 15) is 29.1 Å². The van der Waals surface area contributed by atoms with Gasteiger partial charge in [0, 0.05) is 46.9 Å². The third kappa shape index (κ3) is 3.74. The Morgan fingerprint density at radius 1 is 1.08 bits per heavy atom. The average Bonchev–Trinajstić information content (AvgIpc) is 3.13. The Morgan fingerprint density at radius 2 is 1.82 bits per heavy atom. The van der Waals surface area contributed by atoms with Crippen molar-refractivity contribution in [3.8, 4) is 17.2 Å². The van der Waals surface area contributed by atoms with Crippen LogP contribution in [0.15, 0.2) is 46.6 Å². The van der Waals surface area contributed by atoms with E-state index in [1.165, 1.54) is 26.4 Å². The molecule has 38 heavy (non-hydrogen) atoms. The summed E-state index contributed by atoms with van der Waals surface area (Å²) in [5.41, 5.74) is 1.67. The van der Waals surface area contributed by atoms with Gasteiger partial charge in [0.15, 0.2) is 11.6 Å². The molecule has 1 heterocycles. The van der Waals surface area contributed by atoms with E-state index >= 15 is 0 Å². The third-order valence-corrected chi connectivity index (χ3v) is 8.04. The van der Waals surface area contributed by atoms with E-state index in [-0.39, 0.29) is 71.2 Å². The van der Waals surface area contributed by atoms with Crippen molar-refractivity contribution in [3.63, 3.8) is 0 Å². The quantitative estimate of drug-likeness (QED) is 0.327. The largest absolute Gasteiger partial charge is 0.507 e. The average molecular weight is 522 g/mol. The van der Waals surface area contributed by atoms with Crippen LogP contribution in [-0.2, 0) is 24.0 Å². The number of carboxylic acid groups (broad SMARTS) is 1. The van der Waals surface area contributed by atoms with Gasteiger partial charge in [0.05, 0.1) is 32.5 Å². The molecule has 1 saturated heterocycles. The van der Waals surface area contributed by atoms with Crippen molar-refractivity contribution < 1.29 is 43.7 Å². The van der Waals surface area contributed by atoms with Crippen LogP contribution in [-0.4, -0.2) is 65.2 Å². The Hall–Kier alpha value is -4.21. The number of Topliss-reactive ketones (excluding diaryl/α,β-unsaturated/α-hetero) is 1. The van der Waals surface area contributed by atoms with Crippen LogP contribution in [0.2, 0.25) is 0 Å². The number of phenolic OH excluding ortho intramolecular Hbond substituents is 1. The van der Waals surface area contributed by atoms with E-state index in [1.807, 2.05) is 6.08 Å². The standard InChI is InChI=1S/C28H27NO9/c1-12-8-18(30)17-11-16-14(4-5-15-22(16)28(36)29(27(15)35)7-6-21(32)33)23(24(17)26(12)34)25-19(31)9-13(37-2)10-20(25)38-3/h4,8-10,15-16,22-23,31H,5-7,11H2,1-3H3,(H,32,33)/t15-,16+,22-,23-/m0/s1. The number of aromatic hydroxyl groups is 1. The number of ether oxygens (including phenoxy) is 2. The second-order valence-electron chi connectivity index (χ2n) is 9.96. The summed E-state index contributed by atoms with van der Waals surface area (Å²) in [6.07, 6.45) is 3.02. The lowest BCUT2D eigenvalue weighted by Crippen LogP contribution is -2.40. The first-order valence-electron chi connectivity index (χ1n) is 12.3. The molecule has 2 N–H and O–H groups in total. The number of aliphatic carboxylic acids is 1. The summed E-state index contributed by atoms with van der Waals surface area (Å²) in [6.45, 7) is 1.33. The van der Waals surface area contributed by atoms with Gasteiger partial charge >= 0.3 is 5.97 Å². The summed E-state index contributed by atoms with van der Waals surface area (Å²) in [5.74, 6) is -5.34. The molecule has 3 aliphatic carbocycles. The van der Waals surface area contributed by atoms with Gasteiger partial charge < -0.3 is 19.7 Å².